The Bertz CT molecular complexity index is 1470. The van der Waals surface area contributed by atoms with Crippen LogP contribution in [-0.2, 0) is 6.42 Å². The molecule has 5 rings (SSSR count). The maximum atomic E-state index is 13.1. The Kier molecular flexibility index (Phi) is 6.55. The first-order chi connectivity index (χ1) is 18.0. The van der Waals surface area contributed by atoms with Gasteiger partial charge in [0.25, 0.3) is 0 Å². The van der Waals surface area contributed by atoms with E-state index in [-0.39, 0.29) is 5.84 Å². The highest BCUT2D eigenvalue weighted by atomic mass is 16.5. The SMILES string of the molecule is COc1ccccc1-n1nc(C(Nc2ccc(C(=N)N)cc2)c2cc3c(c(OC)c2)OCCC3)[nH]c1=O. The van der Waals surface area contributed by atoms with E-state index in [9.17, 15) is 4.79 Å². The second-order valence-corrected chi connectivity index (χ2v) is 8.63. The summed E-state index contributed by atoms with van der Waals surface area (Å²) in [4.78, 5) is 16.0. The maximum absolute atomic E-state index is 13.1. The summed E-state index contributed by atoms with van der Waals surface area (Å²) in [5.41, 5.74) is 9.00. The number of aromatic amines is 1. The molecule has 1 aromatic heterocycles. The van der Waals surface area contributed by atoms with Gasteiger partial charge in [-0.3, -0.25) is 10.4 Å². The number of aryl methyl sites for hydroxylation is 1. The van der Waals surface area contributed by atoms with Crippen LogP contribution in [0.3, 0.4) is 0 Å². The minimum atomic E-state index is -0.534. The fraction of sp³-hybridized carbons (Fsp3) is 0.222. The third-order valence-corrected chi connectivity index (χ3v) is 6.27. The molecule has 0 saturated heterocycles. The summed E-state index contributed by atoms with van der Waals surface area (Å²) < 4.78 is 18.3. The number of anilines is 1. The molecule has 1 aliphatic rings. The van der Waals surface area contributed by atoms with E-state index >= 15 is 0 Å². The van der Waals surface area contributed by atoms with Crippen molar-refractivity contribution in [3.63, 3.8) is 0 Å². The van der Waals surface area contributed by atoms with Gasteiger partial charge in [0, 0.05) is 11.3 Å². The molecule has 0 fully saturated rings. The Balaban J connectivity index is 1.62. The standard InChI is InChI=1S/C27H28N6O4/c1-35-21-8-4-3-7-20(21)33-27(34)31-26(32-33)23(30-19-11-9-16(10-12-19)25(28)29)18-14-17-6-5-13-37-24(17)22(15-18)36-2/h3-4,7-12,14-15,23,30H,5-6,13H2,1-2H3,(H3,28,29)(H,31,32,34). The highest BCUT2D eigenvalue weighted by molar-refractivity contribution is 5.95. The third-order valence-electron chi connectivity index (χ3n) is 6.27. The molecule has 37 heavy (non-hydrogen) atoms. The van der Waals surface area contributed by atoms with Crippen molar-refractivity contribution in [1.82, 2.24) is 14.8 Å². The van der Waals surface area contributed by atoms with Crippen molar-refractivity contribution in [2.45, 2.75) is 18.9 Å². The summed E-state index contributed by atoms with van der Waals surface area (Å²) in [7, 11) is 3.16. The van der Waals surface area contributed by atoms with Gasteiger partial charge >= 0.3 is 5.69 Å². The number of ether oxygens (including phenoxy) is 3. The Morgan fingerprint density at radius 2 is 1.89 bits per heavy atom. The van der Waals surface area contributed by atoms with E-state index < -0.39 is 11.7 Å². The van der Waals surface area contributed by atoms with E-state index in [0.29, 0.717) is 35.2 Å². The van der Waals surface area contributed by atoms with Crippen molar-refractivity contribution in [1.29, 1.82) is 5.41 Å². The fourth-order valence-electron chi connectivity index (χ4n) is 4.45. The van der Waals surface area contributed by atoms with Crippen LogP contribution in [-0.4, -0.2) is 41.4 Å². The number of nitrogens with zero attached hydrogens (tertiary/aromatic N) is 2. The molecule has 2 heterocycles. The van der Waals surface area contributed by atoms with Crippen LogP contribution in [0, 0.1) is 5.41 Å². The molecule has 1 unspecified atom stereocenters. The molecule has 0 radical (unpaired) electrons. The van der Waals surface area contributed by atoms with Gasteiger partial charge in [-0.2, -0.15) is 4.68 Å². The lowest BCUT2D eigenvalue weighted by atomic mass is 9.97. The number of hydrogen-bond donors (Lipinski definition) is 4. The number of hydrogen-bond acceptors (Lipinski definition) is 7. The van der Waals surface area contributed by atoms with Crippen molar-refractivity contribution < 1.29 is 14.2 Å². The van der Waals surface area contributed by atoms with Crippen LogP contribution in [0.5, 0.6) is 17.2 Å². The maximum Gasteiger partial charge on any atom is 0.348 e. The minimum Gasteiger partial charge on any atom is -0.494 e. The first-order valence-electron chi connectivity index (χ1n) is 11.9. The zero-order chi connectivity index (χ0) is 25.9. The average molecular weight is 501 g/mol. The Morgan fingerprint density at radius 3 is 2.62 bits per heavy atom. The predicted molar refractivity (Wildman–Crippen MR) is 140 cm³/mol. The van der Waals surface area contributed by atoms with E-state index in [0.717, 1.165) is 35.4 Å². The lowest BCUT2D eigenvalue weighted by Gasteiger charge is -2.24. The molecule has 0 spiro atoms. The van der Waals surface area contributed by atoms with Gasteiger partial charge in [-0.1, -0.05) is 12.1 Å². The first-order valence-corrected chi connectivity index (χ1v) is 11.9. The van der Waals surface area contributed by atoms with E-state index in [4.69, 9.17) is 25.4 Å². The van der Waals surface area contributed by atoms with Gasteiger partial charge in [-0.25, -0.2) is 4.79 Å². The quantitative estimate of drug-likeness (QED) is 0.215. The number of nitrogens with two attached hydrogens (primary N) is 1. The molecule has 0 amide bonds. The second-order valence-electron chi connectivity index (χ2n) is 8.63. The van der Waals surface area contributed by atoms with Crippen molar-refractivity contribution in [2.24, 2.45) is 5.73 Å². The molecular formula is C27H28N6O4. The van der Waals surface area contributed by atoms with Crippen LogP contribution in [0.15, 0.2) is 65.5 Å². The Morgan fingerprint density at radius 1 is 1.14 bits per heavy atom. The van der Waals surface area contributed by atoms with E-state index in [1.54, 1.807) is 38.5 Å². The topological polar surface area (TPSA) is 140 Å². The number of amidine groups is 1. The van der Waals surface area contributed by atoms with Crippen molar-refractivity contribution >= 4 is 11.5 Å². The second kappa shape index (κ2) is 10.1. The summed E-state index contributed by atoms with van der Waals surface area (Å²) in [6.07, 6.45) is 1.76. The Labute approximate surface area is 213 Å². The van der Waals surface area contributed by atoms with Gasteiger partial charge in [-0.15, -0.1) is 5.10 Å². The molecule has 1 aliphatic heterocycles. The average Bonchev–Trinajstić information content (AvgIpc) is 3.32. The van der Waals surface area contributed by atoms with Crippen LogP contribution >= 0.6 is 0 Å². The molecular weight excluding hydrogens is 472 g/mol. The normalized spacial score (nSPS) is 13.2. The summed E-state index contributed by atoms with van der Waals surface area (Å²) in [6.45, 7) is 0.642. The lowest BCUT2D eigenvalue weighted by molar-refractivity contribution is 0.269. The van der Waals surface area contributed by atoms with E-state index in [1.165, 1.54) is 4.68 Å². The van der Waals surface area contributed by atoms with E-state index in [1.807, 2.05) is 30.3 Å². The highest BCUT2D eigenvalue weighted by Crippen LogP contribution is 2.39. The third kappa shape index (κ3) is 4.73. The number of H-pyrrole nitrogens is 1. The molecule has 4 aromatic rings. The van der Waals surface area contributed by atoms with Crippen molar-refractivity contribution in [3.8, 4) is 22.9 Å². The summed E-state index contributed by atoms with van der Waals surface area (Å²) in [5, 5.41) is 15.8. The smallest absolute Gasteiger partial charge is 0.348 e. The molecule has 5 N–H and O–H groups in total. The number of fused-ring (bicyclic) bond motifs is 1. The number of methoxy groups -OCH3 is 2. The monoisotopic (exact) mass is 500 g/mol. The highest BCUT2D eigenvalue weighted by Gasteiger charge is 2.25. The van der Waals surface area contributed by atoms with Crippen LogP contribution in [0.25, 0.3) is 5.69 Å². The zero-order valence-corrected chi connectivity index (χ0v) is 20.6. The molecule has 0 aliphatic carbocycles. The summed E-state index contributed by atoms with van der Waals surface area (Å²) >= 11 is 0. The van der Waals surface area contributed by atoms with E-state index in [2.05, 4.69) is 21.5 Å². The lowest BCUT2D eigenvalue weighted by Crippen LogP contribution is -2.17. The Hall–Kier alpha value is -4.73. The van der Waals surface area contributed by atoms with Crippen LogP contribution < -0.4 is 31.0 Å². The largest absolute Gasteiger partial charge is 0.494 e. The summed E-state index contributed by atoms with van der Waals surface area (Å²) in [6, 6.07) is 17.8. The van der Waals surface area contributed by atoms with Gasteiger partial charge < -0.3 is 25.3 Å². The van der Waals surface area contributed by atoms with Gasteiger partial charge in [0.15, 0.2) is 17.3 Å². The molecule has 10 nitrogen and oxygen atoms in total. The predicted octanol–water partition coefficient (Wildman–Crippen LogP) is 3.39. The molecule has 0 saturated carbocycles. The molecule has 190 valence electrons. The van der Waals surface area contributed by atoms with Gasteiger partial charge in [-0.05, 0) is 72.5 Å². The number of rotatable bonds is 8. The van der Waals surface area contributed by atoms with Crippen molar-refractivity contribution in [2.75, 3.05) is 26.1 Å². The molecule has 0 bridgehead atoms. The number of nitrogens with one attached hydrogen (secondary N) is 3. The number of aromatic nitrogens is 3. The number of para-hydroxylation sites is 2. The van der Waals surface area contributed by atoms with Crippen LogP contribution in [0.2, 0.25) is 0 Å². The van der Waals surface area contributed by atoms with Crippen molar-refractivity contribution in [3.05, 3.63) is 93.7 Å². The van der Waals surface area contributed by atoms with Crippen LogP contribution in [0.4, 0.5) is 5.69 Å². The molecule has 3 aromatic carbocycles. The van der Waals surface area contributed by atoms with Gasteiger partial charge in [0.1, 0.15) is 23.3 Å². The van der Waals surface area contributed by atoms with Gasteiger partial charge in [0.2, 0.25) is 0 Å². The first kappa shape index (κ1) is 24.0. The fourth-order valence-corrected chi connectivity index (χ4v) is 4.45. The van der Waals surface area contributed by atoms with Gasteiger partial charge in [0.05, 0.1) is 20.8 Å². The zero-order valence-electron chi connectivity index (χ0n) is 20.6. The summed E-state index contributed by atoms with van der Waals surface area (Å²) in [5.74, 6) is 2.29. The molecule has 10 heteroatoms. The van der Waals surface area contributed by atoms with Crippen LogP contribution in [0.1, 0.15) is 35.0 Å². The number of nitrogen functional groups attached to an aromatic ring is 1. The molecule has 1 atom stereocenters. The minimum absolute atomic E-state index is 0.0117. The number of benzene rings is 3.